The molecule has 0 bridgehead atoms. The number of carbonyl (C=O) groups is 1. The van der Waals surface area contributed by atoms with Crippen molar-refractivity contribution in [2.75, 3.05) is 26.0 Å². The zero-order valence-corrected chi connectivity index (χ0v) is 25.4. The van der Waals surface area contributed by atoms with Gasteiger partial charge < -0.3 is 9.47 Å². The standard InChI is InChI=1S/C31H31N7O5S/c1-4-44(40,41)37-17-31(18-37,10-11-32)38-16-25(15-35-38)28-27-9-12-36(29(27)34-19-33-28)20-43-30(39)21(2)22-5-6-24-14-26(42-3)8-7-23(24)13-22/h5-9,12-16,19,21H,4,10,17-18,20H2,1-3H3/t21-/m0/s1. The quantitative estimate of drug-likeness (QED) is 0.213. The second kappa shape index (κ2) is 11.4. The van der Waals surface area contributed by atoms with Gasteiger partial charge in [-0.05, 0) is 48.4 Å². The van der Waals surface area contributed by atoms with Crippen molar-refractivity contribution >= 4 is 37.8 Å². The number of benzene rings is 2. The second-order valence-electron chi connectivity index (χ2n) is 10.9. The fourth-order valence-electron chi connectivity index (χ4n) is 5.55. The Balaban J connectivity index is 1.18. The first-order chi connectivity index (χ1) is 21.2. The third-order valence-electron chi connectivity index (χ3n) is 8.28. The van der Waals surface area contributed by atoms with E-state index in [2.05, 4.69) is 21.1 Å². The summed E-state index contributed by atoms with van der Waals surface area (Å²) in [5, 5.41) is 16.7. The molecule has 226 valence electrons. The maximum absolute atomic E-state index is 13.0. The summed E-state index contributed by atoms with van der Waals surface area (Å²) in [6.45, 7) is 3.76. The van der Waals surface area contributed by atoms with E-state index in [0.29, 0.717) is 16.9 Å². The molecule has 0 aliphatic carbocycles. The molecule has 6 rings (SSSR count). The molecule has 5 aromatic rings. The minimum atomic E-state index is -3.36. The van der Waals surface area contributed by atoms with Gasteiger partial charge in [-0.2, -0.15) is 14.7 Å². The maximum Gasteiger partial charge on any atom is 0.314 e. The highest BCUT2D eigenvalue weighted by atomic mass is 32.2. The normalized spacial score (nSPS) is 15.5. The molecular formula is C31H31N7O5S. The smallest absolute Gasteiger partial charge is 0.314 e. The van der Waals surface area contributed by atoms with Crippen molar-refractivity contribution in [2.45, 2.75) is 38.5 Å². The first-order valence-electron chi connectivity index (χ1n) is 14.1. The number of carbonyl (C=O) groups excluding carboxylic acids is 1. The number of aromatic nitrogens is 5. The Morgan fingerprint density at radius 2 is 1.91 bits per heavy atom. The summed E-state index contributed by atoms with van der Waals surface area (Å²) in [4.78, 5) is 21.9. The summed E-state index contributed by atoms with van der Waals surface area (Å²) in [5.41, 5.74) is 2.01. The molecule has 1 saturated heterocycles. The number of nitriles is 1. The number of esters is 1. The van der Waals surface area contributed by atoms with Crippen molar-refractivity contribution in [3.05, 3.63) is 72.9 Å². The molecule has 44 heavy (non-hydrogen) atoms. The molecule has 12 nitrogen and oxygen atoms in total. The van der Waals surface area contributed by atoms with Gasteiger partial charge in [0.25, 0.3) is 0 Å². The van der Waals surface area contributed by atoms with Gasteiger partial charge in [0.05, 0.1) is 43.2 Å². The van der Waals surface area contributed by atoms with Crippen LogP contribution in [0, 0.1) is 11.3 Å². The van der Waals surface area contributed by atoms with Crippen LogP contribution in [0.25, 0.3) is 33.1 Å². The van der Waals surface area contributed by atoms with Gasteiger partial charge in [-0.3, -0.25) is 14.0 Å². The highest BCUT2D eigenvalue weighted by molar-refractivity contribution is 7.89. The van der Waals surface area contributed by atoms with Crippen LogP contribution in [-0.4, -0.2) is 69.0 Å². The Hall–Kier alpha value is -4.80. The number of rotatable bonds is 10. The molecule has 1 fully saturated rings. The topological polar surface area (TPSA) is 145 Å². The number of sulfonamides is 1. The van der Waals surface area contributed by atoms with Gasteiger partial charge >= 0.3 is 5.97 Å². The number of hydrogen-bond donors (Lipinski definition) is 0. The van der Waals surface area contributed by atoms with Crippen molar-refractivity contribution in [1.29, 1.82) is 5.26 Å². The largest absolute Gasteiger partial charge is 0.497 e. The fraction of sp³-hybridized carbons (Fsp3) is 0.323. The zero-order valence-electron chi connectivity index (χ0n) is 24.5. The van der Waals surface area contributed by atoms with Crippen LogP contribution in [0.2, 0.25) is 0 Å². The van der Waals surface area contributed by atoms with E-state index in [1.165, 1.54) is 10.6 Å². The van der Waals surface area contributed by atoms with Gasteiger partial charge in [0, 0.05) is 36.4 Å². The SMILES string of the molecule is CCS(=O)(=O)N1CC(CC#N)(n2cc(-c3ncnc4c3ccn4COC(=O)[C@@H](C)c3ccc4cc(OC)ccc4c3)cn2)C1. The lowest BCUT2D eigenvalue weighted by Gasteiger charge is -2.47. The summed E-state index contributed by atoms with van der Waals surface area (Å²) in [5.74, 6) is -0.0635. The van der Waals surface area contributed by atoms with Gasteiger partial charge in [-0.1, -0.05) is 24.3 Å². The van der Waals surface area contributed by atoms with E-state index in [4.69, 9.17) is 9.47 Å². The lowest BCUT2D eigenvalue weighted by Crippen LogP contribution is -2.64. The van der Waals surface area contributed by atoms with Gasteiger partial charge in [-0.25, -0.2) is 18.4 Å². The Labute approximate surface area is 254 Å². The van der Waals surface area contributed by atoms with Crippen molar-refractivity contribution in [2.24, 2.45) is 0 Å². The molecule has 0 unspecified atom stereocenters. The number of nitrogens with zero attached hydrogens (tertiary/aromatic N) is 7. The summed E-state index contributed by atoms with van der Waals surface area (Å²) < 4.78 is 40.4. The second-order valence-corrected chi connectivity index (χ2v) is 13.2. The van der Waals surface area contributed by atoms with E-state index in [1.807, 2.05) is 49.4 Å². The fourth-order valence-corrected chi connectivity index (χ4v) is 6.79. The number of ether oxygens (including phenoxy) is 2. The molecule has 2 aromatic carbocycles. The highest BCUT2D eigenvalue weighted by Gasteiger charge is 2.49. The molecule has 0 spiro atoms. The van der Waals surface area contributed by atoms with Crippen molar-refractivity contribution in [3.63, 3.8) is 0 Å². The van der Waals surface area contributed by atoms with E-state index in [0.717, 1.165) is 27.5 Å². The average molecular weight is 614 g/mol. The molecule has 4 heterocycles. The van der Waals surface area contributed by atoms with Gasteiger partial charge in [0.15, 0.2) is 6.73 Å². The van der Waals surface area contributed by atoms with E-state index in [-0.39, 0.29) is 38.0 Å². The average Bonchev–Trinajstić information content (AvgIpc) is 3.68. The molecular weight excluding hydrogens is 582 g/mol. The van der Waals surface area contributed by atoms with Crippen LogP contribution in [0.3, 0.4) is 0 Å². The summed E-state index contributed by atoms with van der Waals surface area (Å²) in [6.07, 6.45) is 6.77. The molecule has 1 aliphatic rings. The van der Waals surface area contributed by atoms with Crippen LogP contribution in [0.5, 0.6) is 5.75 Å². The van der Waals surface area contributed by atoms with Crippen molar-refractivity contribution < 1.29 is 22.7 Å². The molecule has 0 saturated carbocycles. The monoisotopic (exact) mass is 613 g/mol. The highest BCUT2D eigenvalue weighted by Crippen LogP contribution is 2.36. The summed E-state index contributed by atoms with van der Waals surface area (Å²) >= 11 is 0. The van der Waals surface area contributed by atoms with Crippen LogP contribution in [0.4, 0.5) is 0 Å². The first-order valence-corrected chi connectivity index (χ1v) is 15.7. The zero-order chi connectivity index (χ0) is 31.1. The van der Waals surface area contributed by atoms with Gasteiger partial charge in [0.2, 0.25) is 10.0 Å². The lowest BCUT2D eigenvalue weighted by atomic mass is 9.89. The van der Waals surface area contributed by atoms with Crippen LogP contribution < -0.4 is 4.74 Å². The van der Waals surface area contributed by atoms with Crippen molar-refractivity contribution in [1.82, 2.24) is 28.6 Å². The van der Waals surface area contributed by atoms with Crippen LogP contribution in [0.15, 0.2) is 67.4 Å². The predicted octanol–water partition coefficient (Wildman–Crippen LogP) is 4.04. The minimum Gasteiger partial charge on any atom is -0.497 e. The van der Waals surface area contributed by atoms with Gasteiger partial charge in [-0.15, -0.1) is 0 Å². The lowest BCUT2D eigenvalue weighted by molar-refractivity contribution is -0.148. The molecule has 0 radical (unpaired) electrons. The maximum atomic E-state index is 13.0. The number of methoxy groups -OCH3 is 1. The Morgan fingerprint density at radius 1 is 1.14 bits per heavy atom. The molecule has 1 atom stereocenters. The number of fused-ring (bicyclic) bond motifs is 2. The third-order valence-corrected chi connectivity index (χ3v) is 10.1. The van der Waals surface area contributed by atoms with E-state index < -0.39 is 21.5 Å². The molecule has 0 N–H and O–H groups in total. The summed E-state index contributed by atoms with van der Waals surface area (Å²) in [6, 6.07) is 15.7. The van der Waals surface area contributed by atoms with Crippen LogP contribution in [0.1, 0.15) is 31.7 Å². The molecule has 13 heteroatoms. The molecule has 0 amide bonds. The summed E-state index contributed by atoms with van der Waals surface area (Å²) in [7, 11) is -1.73. The molecule has 3 aromatic heterocycles. The van der Waals surface area contributed by atoms with E-state index in [1.54, 1.807) is 41.9 Å². The minimum absolute atomic E-state index is 0.00354. The Morgan fingerprint density at radius 3 is 2.66 bits per heavy atom. The van der Waals surface area contributed by atoms with E-state index >= 15 is 0 Å². The predicted molar refractivity (Wildman–Crippen MR) is 163 cm³/mol. The van der Waals surface area contributed by atoms with Crippen LogP contribution in [-0.2, 0) is 31.8 Å². The third kappa shape index (κ3) is 5.16. The number of hydrogen-bond acceptors (Lipinski definition) is 9. The van der Waals surface area contributed by atoms with Crippen molar-refractivity contribution in [3.8, 4) is 23.1 Å². The Kier molecular flexibility index (Phi) is 7.56. The van der Waals surface area contributed by atoms with Gasteiger partial charge in [0.1, 0.15) is 23.3 Å². The Bertz CT molecular complexity index is 2020. The first kappa shape index (κ1) is 29.3. The molecule has 1 aliphatic heterocycles. The van der Waals surface area contributed by atoms with Crippen LogP contribution >= 0.6 is 0 Å². The van der Waals surface area contributed by atoms with E-state index in [9.17, 15) is 18.5 Å².